The average molecular weight is 726 g/mol. The summed E-state index contributed by atoms with van der Waals surface area (Å²) < 4.78 is 0. The average Bonchev–Trinajstić information content (AvgIpc) is 3.16. The van der Waals surface area contributed by atoms with Gasteiger partial charge in [-0.2, -0.15) is 0 Å². The fraction of sp³-hybridized carbons (Fsp3) is 0.490. The molecule has 0 aromatic heterocycles. The summed E-state index contributed by atoms with van der Waals surface area (Å²) >= 11 is 0. The Morgan fingerprint density at radius 3 is 1.25 bits per heavy atom. The molecule has 4 heteroatoms. The van der Waals surface area contributed by atoms with E-state index in [1.807, 2.05) is 6.08 Å². The Bertz CT molecular complexity index is 1190. The molecule has 0 radical (unpaired) electrons. The van der Waals surface area contributed by atoms with Crippen LogP contribution in [-0.4, -0.2) is 34.9 Å². The number of aliphatic hydroxyl groups is 2. The highest BCUT2D eigenvalue weighted by Crippen LogP contribution is 2.05. The van der Waals surface area contributed by atoms with Gasteiger partial charge in [-0.3, -0.25) is 4.79 Å². The molecule has 0 aliphatic carbocycles. The molecule has 0 aliphatic heterocycles. The molecule has 0 aromatic rings. The van der Waals surface area contributed by atoms with E-state index >= 15 is 0 Å². The van der Waals surface area contributed by atoms with E-state index < -0.39 is 12.1 Å². The van der Waals surface area contributed by atoms with Gasteiger partial charge in [0.2, 0.25) is 5.91 Å². The second-order valence-corrected chi connectivity index (χ2v) is 13.0. The van der Waals surface area contributed by atoms with Crippen LogP contribution in [0.4, 0.5) is 0 Å². The number of amides is 1. The largest absolute Gasteiger partial charge is 0.394 e. The minimum atomic E-state index is -0.888. The first-order valence-corrected chi connectivity index (χ1v) is 20.5. The van der Waals surface area contributed by atoms with Gasteiger partial charge in [0, 0.05) is 6.42 Å². The minimum Gasteiger partial charge on any atom is -0.394 e. The van der Waals surface area contributed by atoms with Crippen LogP contribution in [0.1, 0.15) is 136 Å². The quantitative estimate of drug-likeness (QED) is 0.0457. The zero-order chi connectivity index (χ0) is 38.6. The molecule has 0 rings (SSSR count). The summed E-state index contributed by atoms with van der Waals surface area (Å²) in [6, 6.07) is -0.671. The van der Waals surface area contributed by atoms with Gasteiger partial charge in [0.25, 0.3) is 0 Å². The second kappa shape index (κ2) is 42.7. The Hall–Kier alpha value is -3.73. The highest BCUT2D eigenvalue weighted by atomic mass is 16.3. The van der Waals surface area contributed by atoms with E-state index in [1.54, 1.807) is 6.08 Å². The smallest absolute Gasteiger partial charge is 0.220 e. The Morgan fingerprint density at radius 1 is 0.472 bits per heavy atom. The summed E-state index contributed by atoms with van der Waals surface area (Å²) in [5.41, 5.74) is 0. The maximum Gasteiger partial charge on any atom is 0.220 e. The van der Waals surface area contributed by atoms with Crippen molar-refractivity contribution in [2.75, 3.05) is 6.61 Å². The van der Waals surface area contributed by atoms with E-state index in [4.69, 9.17) is 0 Å². The topological polar surface area (TPSA) is 69.6 Å². The Labute approximate surface area is 325 Å². The van der Waals surface area contributed by atoms with E-state index in [1.165, 1.54) is 12.8 Å². The van der Waals surface area contributed by atoms with E-state index in [2.05, 4.69) is 153 Å². The Kier molecular flexibility index (Phi) is 39.7. The van der Waals surface area contributed by atoms with Crippen molar-refractivity contribution in [3.8, 4) is 0 Å². The van der Waals surface area contributed by atoms with Crippen molar-refractivity contribution in [2.24, 2.45) is 0 Å². The van der Waals surface area contributed by atoms with Crippen LogP contribution in [0.15, 0.2) is 146 Å². The van der Waals surface area contributed by atoms with Crippen molar-refractivity contribution in [1.29, 1.82) is 0 Å². The first-order valence-electron chi connectivity index (χ1n) is 20.5. The van der Waals surface area contributed by atoms with Crippen LogP contribution in [0.3, 0.4) is 0 Å². The molecular formula is C49H75NO3. The summed E-state index contributed by atoms with van der Waals surface area (Å²) in [6.45, 7) is 4.06. The van der Waals surface area contributed by atoms with Gasteiger partial charge in [0.05, 0.1) is 18.8 Å². The number of carbonyl (C=O) groups excluding carboxylic acids is 1. The number of unbranched alkanes of at least 4 members (excludes halogenated alkanes) is 5. The van der Waals surface area contributed by atoms with Gasteiger partial charge in [-0.1, -0.05) is 173 Å². The molecule has 294 valence electrons. The molecule has 2 atom stereocenters. The van der Waals surface area contributed by atoms with Gasteiger partial charge >= 0.3 is 0 Å². The van der Waals surface area contributed by atoms with Crippen LogP contribution in [0.5, 0.6) is 0 Å². The van der Waals surface area contributed by atoms with Gasteiger partial charge < -0.3 is 15.5 Å². The van der Waals surface area contributed by atoms with Crippen LogP contribution in [0.2, 0.25) is 0 Å². The molecule has 0 saturated heterocycles. The van der Waals surface area contributed by atoms with Crippen LogP contribution < -0.4 is 5.32 Å². The highest BCUT2D eigenvalue weighted by Gasteiger charge is 2.17. The lowest BCUT2D eigenvalue weighted by Gasteiger charge is -2.19. The predicted molar refractivity (Wildman–Crippen MR) is 234 cm³/mol. The molecule has 2 unspecified atom stereocenters. The molecule has 53 heavy (non-hydrogen) atoms. The van der Waals surface area contributed by atoms with Crippen molar-refractivity contribution in [3.05, 3.63) is 146 Å². The second-order valence-electron chi connectivity index (χ2n) is 13.0. The molecule has 3 N–H and O–H groups in total. The zero-order valence-corrected chi connectivity index (χ0v) is 33.5. The monoisotopic (exact) mass is 726 g/mol. The summed E-state index contributed by atoms with van der Waals surface area (Å²) in [7, 11) is 0. The molecule has 0 spiro atoms. The normalized spacial score (nSPS) is 14.6. The fourth-order valence-corrected chi connectivity index (χ4v) is 4.91. The highest BCUT2D eigenvalue weighted by molar-refractivity contribution is 5.76. The minimum absolute atomic E-state index is 0.129. The van der Waals surface area contributed by atoms with E-state index in [9.17, 15) is 15.0 Å². The lowest BCUT2D eigenvalue weighted by Crippen LogP contribution is -2.45. The van der Waals surface area contributed by atoms with Crippen molar-refractivity contribution >= 4 is 5.91 Å². The lowest BCUT2D eigenvalue weighted by atomic mass is 10.1. The third-order valence-electron chi connectivity index (χ3n) is 8.06. The first kappa shape index (κ1) is 49.3. The Balaban J connectivity index is 3.79. The number of aliphatic hydroxyl groups excluding tert-OH is 2. The molecule has 0 aromatic carbocycles. The predicted octanol–water partition coefficient (Wildman–Crippen LogP) is 13.0. The molecule has 4 nitrogen and oxygen atoms in total. The van der Waals surface area contributed by atoms with Crippen LogP contribution >= 0.6 is 0 Å². The summed E-state index contributed by atoms with van der Waals surface area (Å²) in [5.74, 6) is -0.129. The maximum absolute atomic E-state index is 12.3. The molecular weight excluding hydrogens is 651 g/mol. The lowest BCUT2D eigenvalue weighted by molar-refractivity contribution is -0.123. The van der Waals surface area contributed by atoms with Gasteiger partial charge in [0.15, 0.2) is 0 Å². The van der Waals surface area contributed by atoms with Crippen LogP contribution in [-0.2, 0) is 4.79 Å². The van der Waals surface area contributed by atoms with E-state index in [-0.39, 0.29) is 12.5 Å². The van der Waals surface area contributed by atoms with E-state index in [0.29, 0.717) is 6.42 Å². The molecule has 0 aliphatic rings. The number of hydrogen-bond donors (Lipinski definition) is 3. The SMILES string of the molecule is CC/C=C\C/C=C\C/C=C\C/C=C\C/C=C\C/C=C\C/C=C\C/C=C\C/C=C\C/C=C\CCCCC(=O)NC(CO)C(O)/C=C/CC/C=C/CCCC. The van der Waals surface area contributed by atoms with Crippen LogP contribution in [0.25, 0.3) is 0 Å². The maximum atomic E-state index is 12.3. The van der Waals surface area contributed by atoms with Gasteiger partial charge in [-0.05, 0) is 103 Å². The van der Waals surface area contributed by atoms with Crippen molar-refractivity contribution in [3.63, 3.8) is 0 Å². The summed E-state index contributed by atoms with van der Waals surface area (Å²) in [6.07, 6.45) is 69.6. The molecule has 0 fully saturated rings. The number of allylic oxidation sites excluding steroid dienone is 23. The van der Waals surface area contributed by atoms with E-state index in [0.717, 1.165) is 103 Å². The standard InChI is InChI=1S/C49H75NO3/c1-3-5-7-9-11-13-14-15-16-17-18-19-20-21-22-23-24-25-26-27-28-29-30-31-32-33-34-35-36-37-39-41-43-45-49(53)50-47(46-51)48(52)44-42-40-38-12-10-8-6-4-2/h5,7,10-13,15-16,18-19,21-22,24-25,27-28,30-31,33-34,36-37,42,44,47-48,51-52H,3-4,6,8-9,14,17,20,23,26,29,32,35,38-41,43,45-46H2,1-2H3,(H,50,53)/b7-5-,12-10+,13-11-,16-15-,19-18-,22-21-,25-24-,28-27-,31-30-,34-33-,37-36-,44-42+. The van der Waals surface area contributed by atoms with Crippen molar-refractivity contribution in [1.82, 2.24) is 5.32 Å². The number of rotatable bonds is 34. The van der Waals surface area contributed by atoms with Gasteiger partial charge in [0.1, 0.15) is 0 Å². The molecule has 0 bridgehead atoms. The third kappa shape index (κ3) is 39.3. The zero-order valence-electron chi connectivity index (χ0n) is 33.5. The fourth-order valence-electron chi connectivity index (χ4n) is 4.91. The number of hydrogen-bond acceptors (Lipinski definition) is 3. The van der Waals surface area contributed by atoms with Gasteiger partial charge in [-0.25, -0.2) is 0 Å². The summed E-state index contributed by atoms with van der Waals surface area (Å²) in [5, 5.41) is 22.7. The third-order valence-corrected chi connectivity index (χ3v) is 8.06. The molecule has 1 amide bonds. The van der Waals surface area contributed by atoms with Gasteiger partial charge in [-0.15, -0.1) is 0 Å². The van der Waals surface area contributed by atoms with Crippen molar-refractivity contribution < 1.29 is 15.0 Å². The number of nitrogens with one attached hydrogen (secondary N) is 1. The Morgan fingerprint density at radius 2 is 0.830 bits per heavy atom. The van der Waals surface area contributed by atoms with Crippen molar-refractivity contribution in [2.45, 2.75) is 148 Å². The number of carbonyl (C=O) groups is 1. The molecule has 0 heterocycles. The first-order chi connectivity index (χ1) is 26.2. The summed E-state index contributed by atoms with van der Waals surface area (Å²) in [4.78, 5) is 12.3. The van der Waals surface area contributed by atoms with Crippen LogP contribution in [0, 0.1) is 0 Å². The molecule has 0 saturated carbocycles.